The van der Waals surface area contributed by atoms with Crippen LogP contribution in [0.15, 0.2) is 30.3 Å². The Morgan fingerprint density at radius 1 is 1.27 bits per heavy atom. The minimum Gasteiger partial charge on any atom is -0.465 e. The molecule has 0 aromatic heterocycles. The maximum atomic E-state index is 10.7. The molecule has 15 heavy (non-hydrogen) atoms. The minimum atomic E-state index is -0.965. The minimum absolute atomic E-state index is 0.0951. The van der Waals surface area contributed by atoms with E-state index in [1.807, 2.05) is 30.3 Å². The van der Waals surface area contributed by atoms with Crippen molar-refractivity contribution in [2.75, 3.05) is 13.1 Å². The number of aliphatic hydroxyl groups excluding tert-OH is 1. The number of hydrogen-bond acceptors (Lipinski definition) is 2. The fraction of sp³-hybridized carbons (Fsp3) is 0.364. The Labute approximate surface area is 87.8 Å². The quantitative estimate of drug-likeness (QED) is 0.725. The molecule has 2 N–H and O–H groups in total. The maximum Gasteiger partial charge on any atom is 0.407 e. The average Bonchev–Trinajstić information content (AvgIpc) is 2.62. The van der Waals surface area contributed by atoms with Gasteiger partial charge in [-0.3, -0.25) is 0 Å². The second-order valence-corrected chi connectivity index (χ2v) is 3.77. The molecule has 2 rings (SSSR count). The van der Waals surface area contributed by atoms with E-state index in [2.05, 4.69) is 0 Å². The number of β-amino-alcohol motifs (C(OH)–C–C–N with tert-alkyl or cyclic N) is 1. The van der Waals surface area contributed by atoms with Crippen LogP contribution >= 0.6 is 0 Å². The number of carbonyl (C=O) groups is 1. The zero-order valence-electron chi connectivity index (χ0n) is 8.21. The van der Waals surface area contributed by atoms with Gasteiger partial charge in [0.2, 0.25) is 0 Å². The van der Waals surface area contributed by atoms with Crippen molar-refractivity contribution in [1.82, 2.24) is 4.90 Å². The third-order valence-corrected chi connectivity index (χ3v) is 2.79. The summed E-state index contributed by atoms with van der Waals surface area (Å²) in [6.45, 7) is 0.579. The fourth-order valence-electron chi connectivity index (χ4n) is 1.97. The van der Waals surface area contributed by atoms with Gasteiger partial charge in [-0.2, -0.15) is 0 Å². The van der Waals surface area contributed by atoms with E-state index in [9.17, 15) is 9.90 Å². The Morgan fingerprint density at radius 3 is 2.47 bits per heavy atom. The molecule has 1 fully saturated rings. The van der Waals surface area contributed by atoms with Crippen molar-refractivity contribution < 1.29 is 15.0 Å². The molecular weight excluding hydrogens is 194 g/mol. The molecular formula is C11H13NO3. The van der Waals surface area contributed by atoms with Crippen LogP contribution in [0.3, 0.4) is 0 Å². The first-order valence-electron chi connectivity index (χ1n) is 4.89. The van der Waals surface area contributed by atoms with Gasteiger partial charge >= 0.3 is 6.09 Å². The summed E-state index contributed by atoms with van der Waals surface area (Å²) in [6, 6.07) is 9.52. The van der Waals surface area contributed by atoms with E-state index < -0.39 is 12.2 Å². The van der Waals surface area contributed by atoms with Crippen molar-refractivity contribution in [3.05, 3.63) is 35.9 Å². The van der Waals surface area contributed by atoms with Crippen LogP contribution in [0.2, 0.25) is 0 Å². The van der Waals surface area contributed by atoms with Crippen LogP contribution in [0.25, 0.3) is 0 Å². The largest absolute Gasteiger partial charge is 0.465 e. The Hall–Kier alpha value is -1.55. The van der Waals surface area contributed by atoms with Gasteiger partial charge in [-0.15, -0.1) is 0 Å². The van der Waals surface area contributed by atoms with Gasteiger partial charge < -0.3 is 15.1 Å². The van der Waals surface area contributed by atoms with Gasteiger partial charge in [0.25, 0.3) is 0 Å². The highest BCUT2D eigenvalue weighted by Crippen LogP contribution is 2.27. The highest BCUT2D eigenvalue weighted by atomic mass is 16.4. The lowest BCUT2D eigenvalue weighted by Crippen LogP contribution is -2.27. The number of likely N-dealkylation sites (tertiary alicyclic amines) is 1. The lowest BCUT2D eigenvalue weighted by atomic mass is 9.96. The van der Waals surface area contributed by atoms with E-state index in [-0.39, 0.29) is 12.5 Å². The van der Waals surface area contributed by atoms with Crippen molar-refractivity contribution in [2.24, 2.45) is 0 Å². The topological polar surface area (TPSA) is 60.8 Å². The number of rotatable bonds is 1. The van der Waals surface area contributed by atoms with Crippen molar-refractivity contribution in [3.63, 3.8) is 0 Å². The lowest BCUT2D eigenvalue weighted by molar-refractivity contribution is 0.138. The van der Waals surface area contributed by atoms with Crippen molar-refractivity contribution in [2.45, 2.75) is 12.0 Å². The maximum absolute atomic E-state index is 10.7. The molecule has 4 heteroatoms. The third kappa shape index (κ3) is 1.94. The van der Waals surface area contributed by atoms with Gasteiger partial charge in [0.1, 0.15) is 0 Å². The van der Waals surface area contributed by atoms with Crippen LogP contribution in [-0.4, -0.2) is 40.4 Å². The van der Waals surface area contributed by atoms with E-state index in [0.29, 0.717) is 6.54 Å². The van der Waals surface area contributed by atoms with Crippen molar-refractivity contribution in [1.29, 1.82) is 0 Å². The number of benzene rings is 1. The average molecular weight is 207 g/mol. The Morgan fingerprint density at radius 2 is 1.93 bits per heavy atom. The molecule has 0 saturated carbocycles. The first-order chi connectivity index (χ1) is 7.18. The molecule has 1 aliphatic rings. The first-order valence-corrected chi connectivity index (χ1v) is 4.89. The van der Waals surface area contributed by atoms with Gasteiger partial charge in [-0.1, -0.05) is 30.3 Å². The molecule has 1 amide bonds. The summed E-state index contributed by atoms with van der Waals surface area (Å²) >= 11 is 0. The van der Waals surface area contributed by atoms with E-state index in [4.69, 9.17) is 5.11 Å². The van der Waals surface area contributed by atoms with Crippen molar-refractivity contribution in [3.8, 4) is 0 Å². The molecule has 1 saturated heterocycles. The van der Waals surface area contributed by atoms with Gasteiger partial charge in [-0.05, 0) is 5.56 Å². The number of nitrogens with zero attached hydrogens (tertiary/aromatic N) is 1. The Balaban J connectivity index is 2.15. The summed E-state index contributed by atoms with van der Waals surface area (Å²) in [5, 5.41) is 18.6. The highest BCUT2D eigenvalue weighted by Gasteiger charge is 2.34. The molecule has 0 aliphatic carbocycles. The summed E-state index contributed by atoms with van der Waals surface area (Å²) in [7, 11) is 0. The number of amides is 1. The van der Waals surface area contributed by atoms with E-state index in [1.54, 1.807) is 0 Å². The zero-order valence-corrected chi connectivity index (χ0v) is 8.21. The van der Waals surface area contributed by atoms with E-state index in [0.717, 1.165) is 5.56 Å². The SMILES string of the molecule is O=C(O)N1CC(O)C(c2ccccc2)C1. The fourth-order valence-corrected chi connectivity index (χ4v) is 1.97. The molecule has 1 heterocycles. The molecule has 1 aromatic carbocycles. The molecule has 2 unspecified atom stereocenters. The zero-order chi connectivity index (χ0) is 10.8. The number of hydrogen-bond donors (Lipinski definition) is 2. The number of carboxylic acid groups (broad SMARTS) is 1. The van der Waals surface area contributed by atoms with Gasteiger partial charge in [0.05, 0.1) is 12.6 Å². The molecule has 2 atom stereocenters. The summed E-state index contributed by atoms with van der Waals surface area (Å²) < 4.78 is 0. The molecule has 80 valence electrons. The second-order valence-electron chi connectivity index (χ2n) is 3.77. The van der Waals surface area contributed by atoms with Crippen LogP contribution in [0.1, 0.15) is 11.5 Å². The predicted octanol–water partition coefficient (Wildman–Crippen LogP) is 1.12. The Kier molecular flexibility index (Phi) is 2.60. The standard InChI is InChI=1S/C11H13NO3/c13-10-7-12(11(14)15)6-9(10)8-4-2-1-3-5-8/h1-5,9-10,13H,6-7H2,(H,14,15). The van der Waals surface area contributed by atoms with Gasteiger partial charge in [0.15, 0.2) is 0 Å². The summed E-state index contributed by atoms with van der Waals surface area (Å²) in [6.07, 6.45) is -1.56. The smallest absolute Gasteiger partial charge is 0.407 e. The van der Waals surface area contributed by atoms with Crippen molar-refractivity contribution >= 4 is 6.09 Å². The van der Waals surface area contributed by atoms with Crippen LogP contribution in [-0.2, 0) is 0 Å². The monoisotopic (exact) mass is 207 g/mol. The highest BCUT2D eigenvalue weighted by molar-refractivity contribution is 5.65. The summed E-state index contributed by atoms with van der Waals surface area (Å²) in [5.41, 5.74) is 0.994. The Bertz CT molecular complexity index is 352. The molecule has 0 bridgehead atoms. The van der Waals surface area contributed by atoms with Crippen LogP contribution in [0.4, 0.5) is 4.79 Å². The number of aliphatic hydroxyl groups is 1. The normalized spacial score (nSPS) is 25.5. The summed E-state index contributed by atoms with van der Waals surface area (Å²) in [4.78, 5) is 12.0. The molecule has 0 spiro atoms. The molecule has 0 radical (unpaired) electrons. The van der Waals surface area contributed by atoms with Crippen LogP contribution in [0.5, 0.6) is 0 Å². The lowest BCUT2D eigenvalue weighted by Gasteiger charge is -2.13. The molecule has 1 aromatic rings. The van der Waals surface area contributed by atoms with Crippen LogP contribution in [0, 0.1) is 0 Å². The molecule has 4 nitrogen and oxygen atoms in total. The molecule has 1 aliphatic heterocycles. The van der Waals surface area contributed by atoms with Gasteiger partial charge in [-0.25, -0.2) is 4.79 Å². The van der Waals surface area contributed by atoms with E-state index in [1.165, 1.54) is 4.90 Å². The first kappa shape index (κ1) is 9.98. The summed E-state index contributed by atoms with van der Waals surface area (Å²) in [5.74, 6) is -0.0951. The van der Waals surface area contributed by atoms with E-state index >= 15 is 0 Å². The van der Waals surface area contributed by atoms with Gasteiger partial charge in [0, 0.05) is 12.5 Å². The third-order valence-electron chi connectivity index (χ3n) is 2.79. The second kappa shape index (κ2) is 3.90. The van der Waals surface area contributed by atoms with Crippen LogP contribution < -0.4 is 0 Å². The predicted molar refractivity (Wildman–Crippen MR) is 54.8 cm³/mol.